The Kier molecular flexibility index (Phi) is 2.76. The topological polar surface area (TPSA) is 20.3 Å². The fraction of sp³-hybridized carbons (Fsp3) is 0.900. The van der Waals surface area contributed by atoms with Crippen molar-refractivity contribution < 1.29 is 4.79 Å². The van der Waals surface area contributed by atoms with E-state index in [-0.39, 0.29) is 0 Å². The Morgan fingerprint density at radius 3 is 2.17 bits per heavy atom. The number of amides is 1. The van der Waals surface area contributed by atoms with Crippen molar-refractivity contribution in [1.29, 1.82) is 0 Å². The molecule has 12 heavy (non-hydrogen) atoms. The molecule has 0 aromatic carbocycles. The molecule has 0 bridgehead atoms. The van der Waals surface area contributed by atoms with Crippen molar-refractivity contribution in [1.82, 2.24) is 4.90 Å². The van der Waals surface area contributed by atoms with Crippen LogP contribution in [-0.2, 0) is 4.79 Å². The molecule has 2 heteroatoms. The lowest BCUT2D eigenvalue weighted by Crippen LogP contribution is -2.32. The fourth-order valence-corrected chi connectivity index (χ4v) is 1.71. The van der Waals surface area contributed by atoms with Crippen LogP contribution in [0.15, 0.2) is 0 Å². The van der Waals surface area contributed by atoms with Gasteiger partial charge in [0.05, 0.1) is 0 Å². The van der Waals surface area contributed by atoms with Crippen molar-refractivity contribution >= 4 is 5.91 Å². The molecule has 1 rings (SSSR count). The third-order valence-corrected chi connectivity index (χ3v) is 2.75. The molecule has 1 heterocycles. The fourth-order valence-electron chi connectivity index (χ4n) is 1.71. The molecule has 0 N–H and O–H groups in total. The van der Waals surface area contributed by atoms with Gasteiger partial charge in [-0.1, -0.05) is 13.8 Å². The minimum Gasteiger partial charge on any atom is -0.340 e. The number of carbonyl (C=O) groups excluding carboxylic acids is 1. The van der Waals surface area contributed by atoms with Gasteiger partial charge in [-0.2, -0.15) is 0 Å². The van der Waals surface area contributed by atoms with E-state index in [4.69, 9.17) is 0 Å². The van der Waals surface area contributed by atoms with Crippen LogP contribution in [0.2, 0.25) is 0 Å². The molecule has 0 spiro atoms. The second-order valence-electron chi connectivity index (χ2n) is 4.35. The lowest BCUT2D eigenvalue weighted by molar-refractivity contribution is -0.129. The van der Waals surface area contributed by atoms with Gasteiger partial charge in [0.15, 0.2) is 0 Å². The minimum atomic E-state index is 0.337. The van der Waals surface area contributed by atoms with Crippen molar-refractivity contribution in [2.45, 2.75) is 40.2 Å². The Balaban J connectivity index is 2.56. The number of carbonyl (C=O) groups is 1. The maximum absolute atomic E-state index is 11.5. The van der Waals surface area contributed by atoms with E-state index in [1.54, 1.807) is 0 Å². The zero-order chi connectivity index (χ0) is 9.30. The zero-order valence-corrected chi connectivity index (χ0v) is 8.50. The van der Waals surface area contributed by atoms with Crippen LogP contribution in [0.25, 0.3) is 0 Å². The van der Waals surface area contributed by atoms with Crippen LogP contribution in [-0.4, -0.2) is 23.4 Å². The second kappa shape index (κ2) is 3.46. The molecular weight excluding hydrogens is 150 g/mol. The number of hydrogen-bond acceptors (Lipinski definition) is 1. The highest BCUT2D eigenvalue weighted by Crippen LogP contribution is 2.25. The first-order valence-corrected chi connectivity index (χ1v) is 4.81. The predicted molar refractivity (Wildman–Crippen MR) is 49.8 cm³/mol. The van der Waals surface area contributed by atoms with Crippen molar-refractivity contribution in [2.24, 2.45) is 11.8 Å². The van der Waals surface area contributed by atoms with E-state index >= 15 is 0 Å². The van der Waals surface area contributed by atoms with E-state index < -0.39 is 0 Å². The molecule has 1 amide bonds. The largest absolute Gasteiger partial charge is 0.340 e. The van der Waals surface area contributed by atoms with Gasteiger partial charge in [-0.3, -0.25) is 4.79 Å². The molecule has 1 aliphatic heterocycles. The number of likely N-dealkylation sites (tertiary alicyclic amines) is 1. The molecule has 0 aliphatic carbocycles. The van der Waals surface area contributed by atoms with E-state index in [0.717, 1.165) is 13.0 Å². The first kappa shape index (κ1) is 9.56. The molecule has 1 fully saturated rings. The summed E-state index contributed by atoms with van der Waals surface area (Å²) in [5, 5.41) is 0. The molecule has 0 unspecified atom stereocenters. The van der Waals surface area contributed by atoms with E-state index in [1.807, 2.05) is 4.90 Å². The normalized spacial score (nSPS) is 24.7. The summed E-state index contributed by atoms with van der Waals surface area (Å²) in [6.45, 7) is 9.53. The third kappa shape index (κ3) is 1.79. The molecule has 70 valence electrons. The Morgan fingerprint density at radius 2 is 1.92 bits per heavy atom. The molecular formula is C10H19NO. The number of nitrogens with zero attached hydrogens (tertiary/aromatic N) is 1. The average Bonchev–Trinajstić information content (AvgIpc) is 2.30. The van der Waals surface area contributed by atoms with Gasteiger partial charge in [-0.05, 0) is 25.7 Å². The number of hydrogen-bond donors (Lipinski definition) is 0. The SMILES string of the molecule is CC(C)[C@H]1CC(=O)N(C(C)C)C1. The quantitative estimate of drug-likeness (QED) is 0.618. The molecule has 1 atom stereocenters. The summed E-state index contributed by atoms with van der Waals surface area (Å²) in [6, 6.07) is 0.376. The highest BCUT2D eigenvalue weighted by molar-refractivity contribution is 5.78. The standard InChI is InChI=1S/C10H19NO/c1-7(2)9-5-10(12)11(6-9)8(3)4/h7-9H,5-6H2,1-4H3/t9-/m0/s1. The first-order chi connectivity index (χ1) is 5.52. The summed E-state index contributed by atoms with van der Waals surface area (Å²) in [5.74, 6) is 1.56. The first-order valence-electron chi connectivity index (χ1n) is 4.81. The highest BCUT2D eigenvalue weighted by Gasteiger charge is 2.32. The van der Waals surface area contributed by atoms with Gasteiger partial charge in [0, 0.05) is 19.0 Å². The van der Waals surface area contributed by atoms with Gasteiger partial charge < -0.3 is 4.90 Å². The van der Waals surface area contributed by atoms with Gasteiger partial charge in [0.1, 0.15) is 0 Å². The lowest BCUT2D eigenvalue weighted by Gasteiger charge is -2.21. The summed E-state index contributed by atoms with van der Waals surface area (Å²) in [4.78, 5) is 13.4. The van der Waals surface area contributed by atoms with Crippen LogP contribution < -0.4 is 0 Å². The average molecular weight is 169 g/mol. The minimum absolute atomic E-state index is 0.337. The van der Waals surface area contributed by atoms with Crippen LogP contribution in [0.1, 0.15) is 34.1 Å². The summed E-state index contributed by atoms with van der Waals surface area (Å²) >= 11 is 0. The molecule has 2 nitrogen and oxygen atoms in total. The van der Waals surface area contributed by atoms with Crippen LogP contribution in [0.3, 0.4) is 0 Å². The van der Waals surface area contributed by atoms with Gasteiger partial charge in [0.2, 0.25) is 5.91 Å². The Morgan fingerprint density at radius 1 is 1.33 bits per heavy atom. The smallest absolute Gasteiger partial charge is 0.223 e. The van der Waals surface area contributed by atoms with Crippen molar-refractivity contribution in [3.63, 3.8) is 0 Å². The predicted octanol–water partition coefficient (Wildman–Crippen LogP) is 1.90. The highest BCUT2D eigenvalue weighted by atomic mass is 16.2. The Hall–Kier alpha value is -0.530. The molecule has 0 saturated carbocycles. The van der Waals surface area contributed by atoms with E-state index in [9.17, 15) is 4.79 Å². The van der Waals surface area contributed by atoms with E-state index in [2.05, 4.69) is 27.7 Å². The monoisotopic (exact) mass is 169 g/mol. The molecule has 0 aromatic rings. The molecule has 1 saturated heterocycles. The maximum Gasteiger partial charge on any atom is 0.223 e. The van der Waals surface area contributed by atoms with Crippen LogP contribution in [0.4, 0.5) is 0 Å². The van der Waals surface area contributed by atoms with Gasteiger partial charge in [-0.15, -0.1) is 0 Å². The van der Waals surface area contributed by atoms with Gasteiger partial charge in [-0.25, -0.2) is 0 Å². The third-order valence-electron chi connectivity index (χ3n) is 2.75. The molecule has 0 radical (unpaired) electrons. The zero-order valence-electron chi connectivity index (χ0n) is 8.50. The Bertz CT molecular complexity index is 175. The second-order valence-corrected chi connectivity index (χ2v) is 4.35. The number of rotatable bonds is 2. The summed E-state index contributed by atoms with van der Waals surface area (Å²) < 4.78 is 0. The summed E-state index contributed by atoms with van der Waals surface area (Å²) in [7, 11) is 0. The molecule has 0 aromatic heterocycles. The van der Waals surface area contributed by atoms with Crippen LogP contribution in [0.5, 0.6) is 0 Å². The summed E-state index contributed by atoms with van der Waals surface area (Å²) in [5.41, 5.74) is 0. The summed E-state index contributed by atoms with van der Waals surface area (Å²) in [6.07, 6.45) is 0.760. The Labute approximate surface area is 74.9 Å². The van der Waals surface area contributed by atoms with Crippen molar-refractivity contribution in [3.05, 3.63) is 0 Å². The van der Waals surface area contributed by atoms with E-state index in [1.165, 1.54) is 0 Å². The maximum atomic E-state index is 11.5. The van der Waals surface area contributed by atoms with E-state index in [0.29, 0.717) is 23.8 Å². The van der Waals surface area contributed by atoms with Crippen molar-refractivity contribution in [2.75, 3.05) is 6.54 Å². The van der Waals surface area contributed by atoms with Gasteiger partial charge in [0.25, 0.3) is 0 Å². The van der Waals surface area contributed by atoms with Crippen LogP contribution in [0, 0.1) is 11.8 Å². The lowest BCUT2D eigenvalue weighted by atomic mass is 9.95. The van der Waals surface area contributed by atoms with Crippen LogP contribution >= 0.6 is 0 Å². The van der Waals surface area contributed by atoms with Gasteiger partial charge >= 0.3 is 0 Å². The molecule has 1 aliphatic rings. The van der Waals surface area contributed by atoms with Crippen molar-refractivity contribution in [3.8, 4) is 0 Å².